The van der Waals surface area contributed by atoms with Gasteiger partial charge >= 0.3 is 5.97 Å². The lowest BCUT2D eigenvalue weighted by Gasteiger charge is -2.15. The molecule has 0 saturated carbocycles. The first-order chi connectivity index (χ1) is 15.0. The molecule has 0 aliphatic heterocycles. The Bertz CT molecular complexity index is 1000. The molecule has 0 aliphatic carbocycles. The maximum atomic E-state index is 10.7. The molecule has 0 aliphatic rings. The fourth-order valence-electron chi connectivity index (χ4n) is 3.58. The minimum atomic E-state index is -0.789. The third-order valence-electron chi connectivity index (χ3n) is 5.02. The van der Waals surface area contributed by atoms with Crippen LogP contribution in [0.4, 0.5) is 0 Å². The molecule has 0 saturated heterocycles. The van der Waals surface area contributed by atoms with Crippen LogP contribution in [0.15, 0.2) is 60.7 Å². The summed E-state index contributed by atoms with van der Waals surface area (Å²) >= 11 is 0. The number of carboxylic acid groups (broad SMARTS) is 1. The van der Waals surface area contributed by atoms with Crippen LogP contribution in [0.1, 0.15) is 28.7 Å². The molecule has 0 amide bonds. The first-order valence-electron chi connectivity index (χ1n) is 10.2. The van der Waals surface area contributed by atoms with Crippen molar-refractivity contribution in [3.63, 3.8) is 0 Å². The summed E-state index contributed by atoms with van der Waals surface area (Å²) in [4.78, 5) is 10.7. The Hall–Kier alpha value is -3.31. The molecule has 1 N–H and O–H groups in total. The summed E-state index contributed by atoms with van der Waals surface area (Å²) in [6.07, 6.45) is 0.650. The average Bonchev–Trinajstić information content (AvgIpc) is 2.75. The molecule has 0 spiro atoms. The topological polar surface area (TPSA) is 65.0 Å². The van der Waals surface area contributed by atoms with E-state index in [1.807, 2.05) is 48.5 Å². The molecule has 0 radical (unpaired) electrons. The second-order valence-corrected chi connectivity index (χ2v) is 7.51. The highest BCUT2D eigenvalue weighted by molar-refractivity contribution is 5.72. The Labute approximate surface area is 183 Å². The van der Waals surface area contributed by atoms with Crippen LogP contribution in [0.25, 0.3) is 11.1 Å². The lowest BCUT2D eigenvalue weighted by atomic mass is 9.94. The zero-order valence-corrected chi connectivity index (χ0v) is 18.2. The number of carboxylic acids is 1. The van der Waals surface area contributed by atoms with Crippen LogP contribution in [-0.2, 0) is 22.6 Å². The van der Waals surface area contributed by atoms with Crippen molar-refractivity contribution in [2.24, 2.45) is 0 Å². The number of carbonyl (C=O) groups is 1. The Morgan fingerprint density at radius 3 is 2.23 bits per heavy atom. The van der Waals surface area contributed by atoms with Gasteiger partial charge in [-0.1, -0.05) is 30.3 Å². The van der Waals surface area contributed by atoms with Gasteiger partial charge < -0.3 is 19.3 Å². The van der Waals surface area contributed by atoms with Gasteiger partial charge in [0.05, 0.1) is 0 Å². The van der Waals surface area contributed by atoms with Crippen molar-refractivity contribution in [1.82, 2.24) is 0 Å². The van der Waals surface area contributed by atoms with E-state index >= 15 is 0 Å². The van der Waals surface area contributed by atoms with Crippen LogP contribution in [0.5, 0.6) is 11.5 Å². The molecule has 0 heterocycles. The normalized spacial score (nSPS) is 10.7. The van der Waals surface area contributed by atoms with Crippen LogP contribution < -0.4 is 9.47 Å². The third-order valence-corrected chi connectivity index (χ3v) is 5.02. The molecule has 3 rings (SSSR count). The number of benzene rings is 3. The van der Waals surface area contributed by atoms with E-state index in [1.54, 1.807) is 7.11 Å². The molecular formula is C26H28O5. The van der Waals surface area contributed by atoms with Gasteiger partial charge in [0, 0.05) is 13.5 Å². The van der Waals surface area contributed by atoms with Crippen LogP contribution in [0.3, 0.4) is 0 Å². The van der Waals surface area contributed by atoms with Crippen molar-refractivity contribution in [1.29, 1.82) is 0 Å². The fourth-order valence-corrected chi connectivity index (χ4v) is 3.58. The maximum Gasteiger partial charge on any atom is 0.303 e. The molecule has 5 nitrogen and oxygen atoms in total. The first-order valence-corrected chi connectivity index (χ1v) is 10.2. The highest BCUT2D eigenvalue weighted by atomic mass is 16.7. The lowest BCUT2D eigenvalue weighted by molar-refractivity contribution is -0.136. The Balaban J connectivity index is 1.69. The van der Waals surface area contributed by atoms with Crippen molar-refractivity contribution in [3.05, 3.63) is 82.9 Å². The number of hydrogen-bond acceptors (Lipinski definition) is 4. The summed E-state index contributed by atoms with van der Waals surface area (Å²) in [5.74, 6) is 0.770. The standard InChI is InChI=1S/C26H28O5/c1-18-13-24(31-17-29-3)14-19(2)26(18)22-6-4-5-21(15-22)16-30-23-10-7-20(8-11-23)9-12-25(27)28/h4-8,10-11,13-15H,9,12,16-17H2,1-3H3,(H,27,28). The molecule has 3 aromatic rings. The van der Waals surface area contributed by atoms with Crippen LogP contribution in [-0.4, -0.2) is 25.0 Å². The minimum Gasteiger partial charge on any atom is -0.489 e. The summed E-state index contributed by atoms with van der Waals surface area (Å²) < 4.78 is 16.5. The molecule has 162 valence electrons. The second kappa shape index (κ2) is 10.6. The van der Waals surface area contributed by atoms with Crippen LogP contribution in [0.2, 0.25) is 0 Å². The number of aliphatic carboxylic acids is 1. The fraction of sp³-hybridized carbons (Fsp3) is 0.269. The summed E-state index contributed by atoms with van der Waals surface area (Å²) in [6.45, 7) is 4.84. The first kappa shape index (κ1) is 22.4. The van der Waals surface area contributed by atoms with E-state index < -0.39 is 5.97 Å². The number of methoxy groups -OCH3 is 1. The van der Waals surface area contributed by atoms with E-state index in [-0.39, 0.29) is 13.2 Å². The molecule has 0 bridgehead atoms. The van der Waals surface area contributed by atoms with Gasteiger partial charge in [-0.2, -0.15) is 0 Å². The number of hydrogen-bond donors (Lipinski definition) is 1. The Morgan fingerprint density at radius 1 is 0.871 bits per heavy atom. The monoisotopic (exact) mass is 420 g/mol. The van der Waals surface area contributed by atoms with E-state index in [4.69, 9.17) is 19.3 Å². The minimum absolute atomic E-state index is 0.130. The van der Waals surface area contributed by atoms with Gasteiger partial charge in [0.15, 0.2) is 6.79 Å². The third kappa shape index (κ3) is 6.33. The molecule has 0 fully saturated rings. The Morgan fingerprint density at radius 2 is 1.58 bits per heavy atom. The van der Waals surface area contributed by atoms with E-state index in [0.717, 1.165) is 39.3 Å². The highest BCUT2D eigenvalue weighted by Crippen LogP contribution is 2.31. The van der Waals surface area contributed by atoms with E-state index in [1.165, 1.54) is 5.56 Å². The van der Waals surface area contributed by atoms with Crippen molar-refractivity contribution in [2.45, 2.75) is 33.3 Å². The van der Waals surface area contributed by atoms with Gasteiger partial charge in [-0.3, -0.25) is 4.79 Å². The molecule has 5 heteroatoms. The van der Waals surface area contributed by atoms with Crippen molar-refractivity contribution in [3.8, 4) is 22.6 Å². The SMILES string of the molecule is COCOc1cc(C)c(-c2cccc(COc3ccc(CCC(=O)O)cc3)c2)c(C)c1. The van der Waals surface area contributed by atoms with Gasteiger partial charge in [0.25, 0.3) is 0 Å². The average molecular weight is 421 g/mol. The molecular weight excluding hydrogens is 392 g/mol. The summed E-state index contributed by atoms with van der Waals surface area (Å²) in [5.41, 5.74) is 6.67. The molecule has 0 aromatic heterocycles. The molecule has 0 unspecified atom stereocenters. The zero-order valence-electron chi connectivity index (χ0n) is 18.2. The molecule has 3 aromatic carbocycles. The van der Waals surface area contributed by atoms with Gasteiger partial charge in [-0.25, -0.2) is 0 Å². The number of ether oxygens (including phenoxy) is 3. The molecule has 0 atom stereocenters. The second-order valence-electron chi connectivity index (χ2n) is 7.51. The smallest absolute Gasteiger partial charge is 0.303 e. The summed E-state index contributed by atoms with van der Waals surface area (Å²) in [7, 11) is 1.61. The number of rotatable bonds is 10. The number of aryl methyl sites for hydroxylation is 3. The lowest BCUT2D eigenvalue weighted by Crippen LogP contribution is -2.00. The largest absolute Gasteiger partial charge is 0.489 e. The summed E-state index contributed by atoms with van der Waals surface area (Å²) in [5, 5.41) is 8.79. The quantitative estimate of drug-likeness (QED) is 0.436. The maximum absolute atomic E-state index is 10.7. The van der Waals surface area contributed by atoms with E-state index in [2.05, 4.69) is 26.0 Å². The van der Waals surface area contributed by atoms with Crippen LogP contribution in [0, 0.1) is 13.8 Å². The zero-order chi connectivity index (χ0) is 22.2. The van der Waals surface area contributed by atoms with Gasteiger partial charge in [0.2, 0.25) is 0 Å². The molecule has 31 heavy (non-hydrogen) atoms. The Kier molecular flexibility index (Phi) is 7.68. The van der Waals surface area contributed by atoms with E-state index in [0.29, 0.717) is 13.0 Å². The summed E-state index contributed by atoms with van der Waals surface area (Å²) in [6, 6.07) is 20.0. The predicted molar refractivity (Wildman–Crippen MR) is 121 cm³/mol. The van der Waals surface area contributed by atoms with Crippen molar-refractivity contribution < 1.29 is 24.1 Å². The van der Waals surface area contributed by atoms with Gasteiger partial charge in [-0.05, 0) is 84.0 Å². The van der Waals surface area contributed by atoms with Crippen molar-refractivity contribution >= 4 is 5.97 Å². The van der Waals surface area contributed by atoms with Crippen LogP contribution >= 0.6 is 0 Å². The van der Waals surface area contributed by atoms with Gasteiger partial charge in [-0.15, -0.1) is 0 Å². The van der Waals surface area contributed by atoms with E-state index in [9.17, 15) is 4.79 Å². The van der Waals surface area contributed by atoms with Crippen molar-refractivity contribution in [2.75, 3.05) is 13.9 Å². The predicted octanol–water partition coefficient (Wildman–Crippen LogP) is 5.55. The van der Waals surface area contributed by atoms with Gasteiger partial charge in [0.1, 0.15) is 18.1 Å². The highest BCUT2D eigenvalue weighted by Gasteiger charge is 2.10.